The average molecular weight is 1560 g/mol. The van der Waals surface area contributed by atoms with Crippen LogP contribution in [-0.2, 0) is 56.6 Å². The number of rotatable bonds is 68. The predicted molar refractivity (Wildman–Crippen MR) is 417 cm³/mol. The van der Waals surface area contributed by atoms with Crippen LogP contribution in [-0.4, -0.2) is 158 Å². The van der Waals surface area contributed by atoms with Gasteiger partial charge in [-0.15, -0.1) is 11.8 Å². The number of ketones is 2. The Kier molecular flexibility index (Phi) is 57.2. The summed E-state index contributed by atoms with van der Waals surface area (Å²) in [4.78, 5) is 138. The monoisotopic (exact) mass is 1560 g/mol. The molecule has 604 valence electrons. The maximum absolute atomic E-state index is 14.5. The molecule has 0 aliphatic carbocycles. The topological polar surface area (TPSA) is 519 Å². The molecule has 30 nitrogen and oxygen atoms in total. The zero-order chi connectivity index (χ0) is 78.2. The van der Waals surface area contributed by atoms with E-state index in [9.17, 15) is 52.9 Å². The van der Waals surface area contributed by atoms with E-state index in [2.05, 4.69) is 44.5 Å². The van der Waals surface area contributed by atoms with Crippen molar-refractivity contribution < 1.29 is 101 Å². The minimum Gasteiger partial charge on any atom is -0.756 e. The van der Waals surface area contributed by atoms with Gasteiger partial charge in [0.1, 0.15) is 6.61 Å². The number of benzene rings is 1. The quantitative estimate of drug-likeness (QED) is 0.00731. The van der Waals surface area contributed by atoms with Crippen LogP contribution >= 0.6 is 19.6 Å². The fourth-order valence-corrected chi connectivity index (χ4v) is 14.1. The third-order valence-electron chi connectivity index (χ3n) is 18.2. The van der Waals surface area contributed by atoms with Crippen molar-refractivity contribution in [1.29, 1.82) is 0 Å². The van der Waals surface area contributed by atoms with Crippen LogP contribution in [0.5, 0.6) is 0 Å². The van der Waals surface area contributed by atoms with E-state index in [0.29, 0.717) is 38.5 Å². The zero-order valence-electron chi connectivity index (χ0n) is 64.6. The summed E-state index contributed by atoms with van der Waals surface area (Å²) in [6.45, 7) is 3.75. The number of Topliss-reactive ketones (excluding diaryl/α,β-unsaturated/α-hetero) is 2. The molecule has 2 rings (SSSR count). The summed E-state index contributed by atoms with van der Waals surface area (Å²) in [5, 5.41) is 15.2. The van der Waals surface area contributed by atoms with Crippen molar-refractivity contribution in [2.75, 3.05) is 63.2 Å². The Balaban J connectivity index is 0.0000572. The van der Waals surface area contributed by atoms with Crippen LogP contribution in [0.25, 0.3) is 0 Å². The second-order valence-corrected chi connectivity index (χ2v) is 30.3. The number of carbonyl (C=O) groups excluding carboxylic acids is 7. The Bertz CT molecular complexity index is 2870. The van der Waals surface area contributed by atoms with E-state index in [4.69, 9.17) is 64.4 Å². The molecule has 1 aromatic carbocycles. The number of nitrogens with two attached hydrogens (primary N) is 8. The minimum absolute atomic E-state index is 0. The minimum atomic E-state index is -5.04. The first-order valence-electron chi connectivity index (χ1n) is 38.9. The van der Waals surface area contributed by atoms with Gasteiger partial charge in [-0.25, -0.2) is 4.90 Å². The molecule has 1 aliphatic rings. The molecule has 6 unspecified atom stereocenters. The van der Waals surface area contributed by atoms with Crippen molar-refractivity contribution in [3.8, 4) is 0 Å². The summed E-state index contributed by atoms with van der Waals surface area (Å²) < 4.78 is 34.5. The first-order valence-corrected chi connectivity index (χ1v) is 41.4. The fraction of sp³-hybridized carbons (Fsp3) is 0.757. The first kappa shape index (κ1) is 99.1. The maximum atomic E-state index is 14.5. The van der Waals surface area contributed by atoms with Crippen LogP contribution in [0.15, 0.2) is 44.2 Å². The van der Waals surface area contributed by atoms with Crippen LogP contribution < -0.4 is 95.9 Å². The van der Waals surface area contributed by atoms with Gasteiger partial charge in [0.25, 0.3) is 13.7 Å². The fourth-order valence-electron chi connectivity index (χ4n) is 12.3. The predicted octanol–water partition coefficient (Wildman–Crippen LogP) is 5.48. The number of carbonyl (C=O) groups is 8. The standard InChI is InChI=1S/C74H132N15O15PS.Na/c1-3-5-7-9-11-13-15-17-19-21-23-25-27-37-66(93)101-53-59(104-67(94)38-28-26-24-22-20-18-16-14-12-10-8-6-4-2)54-103-105(99,100)102-47-48-106-64-51-65(92)89(69(64)96)58-41-39-56(40-42-58)68(95)88-61(36-32-46-86-74(81)82)62(90)49-55(33-29-43-83-71(75)76)52-87-60(35-31-45-85-73(79)80)63(91)50-57(70(97)98)34-30-44-84-72(77)78;/h39-42,55,57,59-61,64,87H,3-38,43-54H2,1-2H3,(H,88,95)(H,97,98)(H,99,100)(H4,75,76,83)(H4,77,78,84)(H4,79,80,85)(H4,81,82,86);/q;+1/p-1/t55?,57?,59-,60?,61?,64?;/m1./s1. The van der Waals surface area contributed by atoms with E-state index in [-0.39, 0.29) is 172 Å². The Morgan fingerprint density at radius 1 is 0.570 bits per heavy atom. The normalized spacial score (nSPS) is 14.6. The van der Waals surface area contributed by atoms with E-state index >= 15 is 0 Å². The van der Waals surface area contributed by atoms with Gasteiger partial charge in [-0.2, -0.15) is 0 Å². The molecule has 0 spiro atoms. The summed E-state index contributed by atoms with van der Waals surface area (Å²) in [5.41, 5.74) is 44.5. The summed E-state index contributed by atoms with van der Waals surface area (Å²) in [5.74, 6) is -6.90. The number of carboxylic acid groups (broad SMARTS) is 1. The van der Waals surface area contributed by atoms with Crippen molar-refractivity contribution in [1.82, 2.24) is 10.6 Å². The molecule has 3 amide bonds. The van der Waals surface area contributed by atoms with Crippen molar-refractivity contribution in [2.45, 2.75) is 288 Å². The van der Waals surface area contributed by atoms with E-state index in [1.807, 2.05) is 0 Å². The van der Waals surface area contributed by atoms with Crippen LogP contribution in [0.4, 0.5) is 5.69 Å². The summed E-state index contributed by atoms with van der Waals surface area (Å²) in [7, 11) is -5.04. The molecule has 0 radical (unpaired) electrons. The van der Waals surface area contributed by atoms with Crippen molar-refractivity contribution in [3.63, 3.8) is 0 Å². The Morgan fingerprint density at radius 3 is 1.47 bits per heavy atom. The number of esters is 2. The molecule has 1 saturated heterocycles. The number of thioether (sulfide) groups is 1. The second-order valence-electron chi connectivity index (χ2n) is 27.6. The van der Waals surface area contributed by atoms with E-state index in [0.717, 1.165) is 61.6 Å². The smallest absolute Gasteiger partial charge is 0.756 e. The average Bonchev–Trinajstić information content (AvgIpc) is 1.67. The molecule has 0 bridgehead atoms. The molecule has 107 heavy (non-hydrogen) atoms. The molecule has 1 heterocycles. The summed E-state index contributed by atoms with van der Waals surface area (Å²) >= 11 is 0.997. The molecular weight excluding hydrogens is 1420 g/mol. The van der Waals surface area contributed by atoms with Crippen molar-refractivity contribution in [3.05, 3.63) is 29.8 Å². The number of amides is 3. The number of carboxylic acids is 1. The number of nitrogens with zero attached hydrogens (tertiary/aromatic N) is 5. The number of phosphoric ester groups is 1. The molecule has 0 saturated carbocycles. The number of hydrogen-bond acceptors (Lipinski definition) is 20. The van der Waals surface area contributed by atoms with Crippen molar-refractivity contribution >= 4 is 96.3 Å². The SMILES string of the molecule is CCCCCCCCCCCCCCCC(=O)OC[C@H](COP(=O)([O-])OCCSC1CC(=O)N(c2ccc(C(=O)NC(CCCN=C(N)N)C(=O)CC(CCCN=C(N)N)CNC(CCCN=C(N)N)C(=O)CC(CCCN=C(N)N)C(=O)O)cc2)C1=O)OC(=O)CCCCCCCCCCCCCCC.[Na+]. The number of anilines is 1. The number of imide groups is 1. The number of phosphoric acid groups is 1. The number of hydrogen-bond donors (Lipinski definition) is 11. The van der Waals surface area contributed by atoms with Crippen LogP contribution in [0.3, 0.4) is 0 Å². The molecule has 1 aliphatic heterocycles. The van der Waals surface area contributed by atoms with Crippen LogP contribution in [0, 0.1) is 11.8 Å². The maximum Gasteiger partial charge on any atom is 1.00 e. The van der Waals surface area contributed by atoms with Crippen LogP contribution in [0.1, 0.15) is 275 Å². The third kappa shape index (κ3) is 50.5. The molecule has 1 aromatic rings. The number of unbranched alkanes of at least 4 members (excludes halogenated alkanes) is 24. The third-order valence-corrected chi connectivity index (χ3v) is 20.4. The number of aliphatic imine (C=N–C) groups is 4. The second kappa shape index (κ2) is 61.8. The Morgan fingerprint density at radius 2 is 1.00 bits per heavy atom. The van der Waals surface area contributed by atoms with Gasteiger partial charge < -0.3 is 85.0 Å². The van der Waals surface area contributed by atoms with Gasteiger partial charge in [0, 0.05) is 69.6 Å². The molecule has 1 fully saturated rings. The van der Waals surface area contributed by atoms with E-state index in [1.165, 1.54) is 133 Å². The number of guanidine groups is 4. The van der Waals surface area contributed by atoms with Gasteiger partial charge in [0.15, 0.2) is 41.5 Å². The first-order chi connectivity index (χ1) is 50.9. The number of ether oxygens (including phenoxy) is 2. The van der Waals surface area contributed by atoms with Gasteiger partial charge in [0.05, 0.1) is 42.2 Å². The molecule has 19 N–H and O–H groups in total. The molecular formula is C74H131N15NaO15PS. The van der Waals surface area contributed by atoms with Gasteiger partial charge in [-0.05, 0) is 101 Å². The Labute approximate surface area is 662 Å². The summed E-state index contributed by atoms with van der Waals surface area (Å²) in [6.07, 6.45) is 30.4. The van der Waals surface area contributed by atoms with Gasteiger partial charge >= 0.3 is 47.5 Å². The van der Waals surface area contributed by atoms with Gasteiger partial charge in [-0.3, -0.25) is 62.9 Å². The molecule has 0 aromatic heterocycles. The number of aliphatic carboxylic acids is 1. The zero-order valence-corrected chi connectivity index (χ0v) is 68.3. The molecule has 7 atom stereocenters. The Hall–Kier alpha value is -5.92. The largest absolute Gasteiger partial charge is 1.00 e. The summed E-state index contributed by atoms with van der Waals surface area (Å²) in [6, 6.07) is 3.66. The number of nitrogens with one attached hydrogen (secondary N) is 2. The van der Waals surface area contributed by atoms with Crippen LogP contribution in [0.2, 0.25) is 0 Å². The van der Waals surface area contributed by atoms with Gasteiger partial charge in [0.2, 0.25) is 11.8 Å². The van der Waals surface area contributed by atoms with Crippen molar-refractivity contribution in [2.24, 2.45) is 77.7 Å². The molecule has 33 heteroatoms. The van der Waals surface area contributed by atoms with Gasteiger partial charge in [-0.1, -0.05) is 168 Å². The van der Waals surface area contributed by atoms with E-state index in [1.54, 1.807) is 0 Å². The van der Waals surface area contributed by atoms with E-state index < -0.39 is 98.5 Å².